The molecule has 2 N–H and O–H groups in total. The number of quaternary nitrogens is 1. The first kappa shape index (κ1) is 17.5. The van der Waals surface area contributed by atoms with Gasteiger partial charge in [0.05, 0.1) is 13.1 Å². The molecule has 1 fully saturated rings. The van der Waals surface area contributed by atoms with Crippen LogP contribution in [0.2, 0.25) is 0 Å². The van der Waals surface area contributed by atoms with Crippen LogP contribution in [0.25, 0.3) is 0 Å². The Morgan fingerprint density at radius 2 is 1.57 bits per heavy atom. The second-order valence-electron chi connectivity index (χ2n) is 6.52. The lowest BCUT2D eigenvalue weighted by molar-refractivity contribution is -0.892. The summed E-state index contributed by atoms with van der Waals surface area (Å²) < 4.78 is 0. The van der Waals surface area contributed by atoms with Crippen molar-refractivity contribution in [3.05, 3.63) is 29.8 Å². The van der Waals surface area contributed by atoms with Gasteiger partial charge in [0, 0.05) is 25.3 Å². The first-order valence-corrected chi connectivity index (χ1v) is 8.51. The van der Waals surface area contributed by atoms with Crippen LogP contribution >= 0.6 is 0 Å². The molecule has 126 valence electrons. The van der Waals surface area contributed by atoms with Crippen molar-refractivity contribution in [2.45, 2.75) is 32.1 Å². The van der Waals surface area contributed by atoms with Crippen LogP contribution in [0.15, 0.2) is 24.3 Å². The van der Waals surface area contributed by atoms with Gasteiger partial charge in [-0.05, 0) is 49.9 Å². The predicted molar refractivity (Wildman–Crippen MR) is 91.7 cm³/mol. The van der Waals surface area contributed by atoms with Gasteiger partial charge >= 0.3 is 0 Å². The van der Waals surface area contributed by atoms with Crippen molar-refractivity contribution in [3.8, 4) is 0 Å². The minimum atomic E-state index is -0.0343. The number of benzene rings is 1. The van der Waals surface area contributed by atoms with Crippen LogP contribution < -0.4 is 10.2 Å². The second kappa shape index (κ2) is 8.67. The molecule has 0 saturated carbocycles. The molecule has 5 heteroatoms. The zero-order valence-corrected chi connectivity index (χ0v) is 14.2. The van der Waals surface area contributed by atoms with E-state index in [1.807, 2.05) is 0 Å². The molecule has 5 nitrogen and oxygen atoms in total. The molecular weight excluding hydrogens is 290 g/mol. The fourth-order valence-corrected chi connectivity index (χ4v) is 2.97. The predicted octanol–water partition coefficient (Wildman–Crippen LogP) is 1.18. The fraction of sp³-hybridized carbons (Fsp3) is 0.556. The normalized spacial score (nSPS) is 16.3. The van der Waals surface area contributed by atoms with Gasteiger partial charge in [-0.15, -0.1) is 0 Å². The maximum atomic E-state index is 12.2. The van der Waals surface area contributed by atoms with Crippen LogP contribution in [-0.4, -0.2) is 50.4 Å². The summed E-state index contributed by atoms with van der Waals surface area (Å²) in [7, 11) is 3.45. The van der Waals surface area contributed by atoms with Crippen LogP contribution in [0, 0.1) is 0 Å². The number of hydrogen-bond acceptors (Lipinski definition) is 2. The zero-order valence-electron chi connectivity index (χ0n) is 14.2. The number of carbonyl (C=O) groups is 2. The molecule has 0 aliphatic carbocycles. The number of likely N-dealkylation sites (tertiary alicyclic amines) is 1. The maximum Gasteiger partial charge on any atom is 0.279 e. The first-order chi connectivity index (χ1) is 11.1. The summed E-state index contributed by atoms with van der Waals surface area (Å²) in [6.45, 7) is 2.70. The third kappa shape index (κ3) is 5.67. The number of amides is 2. The Hall–Kier alpha value is -1.88. The third-order valence-electron chi connectivity index (χ3n) is 4.29. The number of hydrogen-bond donors (Lipinski definition) is 2. The van der Waals surface area contributed by atoms with Crippen molar-refractivity contribution >= 4 is 17.5 Å². The Bertz CT molecular complexity index is 518. The Morgan fingerprint density at radius 3 is 2.13 bits per heavy atom. The van der Waals surface area contributed by atoms with E-state index in [-0.39, 0.29) is 11.8 Å². The van der Waals surface area contributed by atoms with Gasteiger partial charge in [-0.3, -0.25) is 9.59 Å². The van der Waals surface area contributed by atoms with E-state index in [1.165, 1.54) is 37.0 Å². The van der Waals surface area contributed by atoms with Crippen molar-refractivity contribution < 1.29 is 14.5 Å². The van der Waals surface area contributed by atoms with Gasteiger partial charge < -0.3 is 15.1 Å². The molecule has 1 aromatic rings. The largest absolute Gasteiger partial charge is 0.345 e. The summed E-state index contributed by atoms with van der Waals surface area (Å²) in [4.78, 5) is 27.0. The molecule has 1 heterocycles. The molecule has 2 amide bonds. The second-order valence-corrected chi connectivity index (χ2v) is 6.52. The van der Waals surface area contributed by atoms with Crippen molar-refractivity contribution in [2.24, 2.45) is 0 Å². The quantitative estimate of drug-likeness (QED) is 0.876. The van der Waals surface area contributed by atoms with E-state index in [4.69, 9.17) is 0 Å². The highest BCUT2D eigenvalue weighted by Gasteiger charge is 2.16. The summed E-state index contributed by atoms with van der Waals surface area (Å²) in [5.41, 5.74) is 1.37. The van der Waals surface area contributed by atoms with Crippen LogP contribution in [0.1, 0.15) is 42.5 Å². The molecule has 0 bridgehead atoms. The van der Waals surface area contributed by atoms with Crippen LogP contribution in [0.4, 0.5) is 5.69 Å². The summed E-state index contributed by atoms with van der Waals surface area (Å²) in [5.74, 6) is 0.0141. The molecular formula is C18H28N3O2+. The van der Waals surface area contributed by atoms with E-state index in [0.717, 1.165) is 18.8 Å². The number of carbonyl (C=O) groups excluding carboxylic acids is 2. The summed E-state index contributed by atoms with van der Waals surface area (Å²) in [6.07, 6.45) is 6.32. The van der Waals surface area contributed by atoms with Gasteiger partial charge in [0.1, 0.15) is 0 Å². The van der Waals surface area contributed by atoms with Crippen LogP contribution in [0.3, 0.4) is 0 Å². The Kier molecular flexibility index (Phi) is 6.59. The van der Waals surface area contributed by atoms with E-state index < -0.39 is 0 Å². The summed E-state index contributed by atoms with van der Waals surface area (Å²) in [5, 5.41) is 2.94. The van der Waals surface area contributed by atoms with Crippen molar-refractivity contribution in [1.82, 2.24) is 4.90 Å². The smallest absolute Gasteiger partial charge is 0.279 e. The van der Waals surface area contributed by atoms with Gasteiger partial charge in [0.15, 0.2) is 6.54 Å². The van der Waals surface area contributed by atoms with E-state index in [2.05, 4.69) is 5.32 Å². The number of anilines is 1. The minimum Gasteiger partial charge on any atom is -0.345 e. The van der Waals surface area contributed by atoms with E-state index in [0.29, 0.717) is 12.1 Å². The number of nitrogens with one attached hydrogen (secondary N) is 2. The molecule has 0 radical (unpaired) electrons. The van der Waals surface area contributed by atoms with Gasteiger partial charge in [-0.2, -0.15) is 0 Å². The van der Waals surface area contributed by atoms with Crippen LogP contribution in [-0.2, 0) is 4.79 Å². The lowest BCUT2D eigenvalue weighted by Crippen LogP contribution is -3.13. The monoisotopic (exact) mass is 318 g/mol. The molecule has 0 aromatic heterocycles. The third-order valence-corrected chi connectivity index (χ3v) is 4.29. The zero-order chi connectivity index (χ0) is 16.7. The number of nitrogens with zero attached hydrogens (tertiary/aromatic N) is 1. The number of rotatable bonds is 4. The maximum absolute atomic E-state index is 12.2. The van der Waals surface area contributed by atoms with Crippen LogP contribution in [0.5, 0.6) is 0 Å². The molecule has 1 aliphatic heterocycles. The SMILES string of the molecule is CN(C)C(=O)c1ccc(NC(=O)C[NH+]2CCCCCCC2)cc1. The molecule has 2 rings (SSSR count). The average molecular weight is 318 g/mol. The summed E-state index contributed by atoms with van der Waals surface area (Å²) >= 11 is 0. The van der Waals surface area contributed by atoms with E-state index in [9.17, 15) is 9.59 Å². The molecule has 1 saturated heterocycles. The van der Waals surface area contributed by atoms with Crippen molar-refractivity contribution in [2.75, 3.05) is 39.0 Å². The molecule has 0 atom stereocenters. The lowest BCUT2D eigenvalue weighted by atomic mass is 10.1. The summed E-state index contributed by atoms with van der Waals surface area (Å²) in [6, 6.07) is 7.08. The Labute approximate surface area is 138 Å². The van der Waals surface area contributed by atoms with E-state index >= 15 is 0 Å². The van der Waals surface area contributed by atoms with E-state index in [1.54, 1.807) is 43.3 Å². The fourth-order valence-electron chi connectivity index (χ4n) is 2.97. The van der Waals surface area contributed by atoms with Gasteiger partial charge in [-0.1, -0.05) is 6.42 Å². The Morgan fingerprint density at radius 1 is 1.00 bits per heavy atom. The van der Waals surface area contributed by atoms with Gasteiger partial charge in [0.2, 0.25) is 0 Å². The van der Waals surface area contributed by atoms with Crippen molar-refractivity contribution in [1.29, 1.82) is 0 Å². The molecule has 0 spiro atoms. The Balaban J connectivity index is 1.85. The standard InChI is InChI=1S/C18H27N3O2/c1-20(2)18(23)15-8-10-16(11-9-15)19-17(22)14-21-12-6-4-3-5-7-13-21/h8-11H,3-7,12-14H2,1-2H3,(H,19,22)/p+1. The molecule has 0 unspecified atom stereocenters. The first-order valence-electron chi connectivity index (χ1n) is 8.51. The van der Waals surface area contributed by atoms with Gasteiger partial charge in [0.25, 0.3) is 11.8 Å². The highest BCUT2D eigenvalue weighted by molar-refractivity contribution is 5.95. The highest BCUT2D eigenvalue weighted by Crippen LogP contribution is 2.10. The minimum absolute atomic E-state index is 0.0343. The molecule has 23 heavy (non-hydrogen) atoms. The van der Waals surface area contributed by atoms with Gasteiger partial charge in [-0.25, -0.2) is 0 Å². The molecule has 1 aliphatic rings. The van der Waals surface area contributed by atoms with Crippen molar-refractivity contribution in [3.63, 3.8) is 0 Å². The lowest BCUT2D eigenvalue weighted by Gasteiger charge is -2.21. The average Bonchev–Trinajstić information content (AvgIpc) is 2.50. The molecule has 1 aromatic carbocycles. The topological polar surface area (TPSA) is 53.9 Å². The highest BCUT2D eigenvalue weighted by atomic mass is 16.2.